The van der Waals surface area contributed by atoms with E-state index in [2.05, 4.69) is 34.5 Å². The first-order chi connectivity index (χ1) is 22.5. The third-order valence-electron chi connectivity index (χ3n) is 11.3. The van der Waals surface area contributed by atoms with Crippen LogP contribution in [-0.4, -0.2) is 81.8 Å². The Morgan fingerprint density at radius 1 is 1.11 bits per heavy atom. The standard InChI is InChI=1S/C33H39N9O3S/c1-18(22-7-5-12-40(22)2)42-31-24-30(41-13-15-43-14-9-19(41)17-44-32(24)38-42)36-29(37-31)26-20-6-3-10-33(27(20)45-39-26)11-4-8-23-25(33)21(16-34)28(35)46-23/h18-19,22H,3-15,17,35H2,1-2H3/t18-,19+,22-,33-/m0/s1. The van der Waals surface area contributed by atoms with Crippen LogP contribution in [0, 0.1) is 11.3 Å². The van der Waals surface area contributed by atoms with E-state index >= 15 is 0 Å². The summed E-state index contributed by atoms with van der Waals surface area (Å²) in [7, 11) is 2.20. The fourth-order valence-electron chi connectivity index (χ4n) is 9.06. The Hall–Kier alpha value is -3.73. The van der Waals surface area contributed by atoms with Gasteiger partial charge < -0.3 is 29.5 Å². The Balaban J connectivity index is 1.24. The van der Waals surface area contributed by atoms with Crippen molar-refractivity contribution in [1.82, 2.24) is 29.8 Å². The van der Waals surface area contributed by atoms with Crippen LogP contribution in [0.1, 0.15) is 85.2 Å². The number of nitriles is 1. The number of hydrogen-bond acceptors (Lipinski definition) is 12. The van der Waals surface area contributed by atoms with Gasteiger partial charge in [-0.05, 0) is 83.9 Å². The molecule has 3 aliphatic heterocycles. The van der Waals surface area contributed by atoms with E-state index in [1.54, 1.807) is 11.3 Å². The van der Waals surface area contributed by atoms with Gasteiger partial charge in [-0.15, -0.1) is 16.4 Å². The molecular formula is C33H39N9O3S. The van der Waals surface area contributed by atoms with Gasteiger partial charge in [-0.2, -0.15) is 5.26 Å². The number of anilines is 2. The average molecular weight is 642 g/mol. The van der Waals surface area contributed by atoms with E-state index in [0.29, 0.717) is 60.4 Å². The van der Waals surface area contributed by atoms with Gasteiger partial charge in [0.15, 0.2) is 22.9 Å². The highest BCUT2D eigenvalue weighted by Gasteiger charge is 2.49. The van der Waals surface area contributed by atoms with Crippen molar-refractivity contribution >= 4 is 33.2 Å². The van der Waals surface area contributed by atoms with Crippen molar-refractivity contribution in [3.63, 3.8) is 0 Å². The topological polar surface area (TPSA) is 144 Å². The molecular weight excluding hydrogens is 602 g/mol. The predicted octanol–water partition coefficient (Wildman–Crippen LogP) is 4.60. The van der Waals surface area contributed by atoms with Gasteiger partial charge in [0.05, 0.1) is 29.7 Å². The Morgan fingerprint density at radius 3 is 2.80 bits per heavy atom. The molecule has 4 atom stereocenters. The first kappa shape index (κ1) is 28.5. The molecule has 0 radical (unpaired) electrons. The van der Waals surface area contributed by atoms with Crippen molar-refractivity contribution in [3.8, 4) is 23.5 Å². The molecule has 12 nitrogen and oxygen atoms in total. The molecule has 46 heavy (non-hydrogen) atoms. The van der Waals surface area contributed by atoms with Crippen LogP contribution < -0.4 is 15.4 Å². The van der Waals surface area contributed by atoms with Crippen molar-refractivity contribution < 1.29 is 14.0 Å². The number of ether oxygens (including phenoxy) is 2. The van der Waals surface area contributed by atoms with Gasteiger partial charge in [0.1, 0.15) is 28.9 Å². The van der Waals surface area contributed by atoms with Crippen molar-refractivity contribution in [2.24, 2.45) is 0 Å². The van der Waals surface area contributed by atoms with Gasteiger partial charge in [-0.3, -0.25) is 0 Å². The van der Waals surface area contributed by atoms with Crippen LogP contribution in [0.2, 0.25) is 0 Å². The maximum absolute atomic E-state index is 10.2. The first-order valence-corrected chi connectivity index (χ1v) is 17.6. The van der Waals surface area contributed by atoms with Gasteiger partial charge >= 0.3 is 0 Å². The number of fused-ring (bicyclic) bond motifs is 6. The fraction of sp³-hybridized carbons (Fsp3) is 0.606. The molecule has 240 valence electrons. The van der Waals surface area contributed by atoms with Crippen LogP contribution in [0.4, 0.5) is 10.8 Å². The van der Waals surface area contributed by atoms with E-state index in [-0.39, 0.29) is 12.1 Å². The summed E-state index contributed by atoms with van der Waals surface area (Å²) in [6.07, 6.45) is 8.70. The smallest absolute Gasteiger partial charge is 0.246 e. The Morgan fingerprint density at radius 2 is 1.98 bits per heavy atom. The third-order valence-corrected chi connectivity index (χ3v) is 12.4. The van der Waals surface area contributed by atoms with Crippen molar-refractivity contribution in [2.75, 3.05) is 50.6 Å². The highest BCUT2D eigenvalue weighted by atomic mass is 32.1. The molecule has 1 spiro atoms. The van der Waals surface area contributed by atoms with Crippen molar-refractivity contribution in [3.05, 3.63) is 27.3 Å². The van der Waals surface area contributed by atoms with Crippen molar-refractivity contribution in [1.29, 1.82) is 5.26 Å². The number of aromatic nitrogens is 5. The third kappa shape index (κ3) is 4.02. The van der Waals surface area contributed by atoms with Crippen LogP contribution in [-0.2, 0) is 23.0 Å². The molecule has 9 rings (SSSR count). The summed E-state index contributed by atoms with van der Waals surface area (Å²) in [5.74, 6) is 2.85. The minimum atomic E-state index is -0.404. The van der Waals surface area contributed by atoms with E-state index in [4.69, 9.17) is 40.0 Å². The fourth-order valence-corrected chi connectivity index (χ4v) is 10.2. The van der Waals surface area contributed by atoms with Gasteiger partial charge in [0.25, 0.3) is 0 Å². The highest BCUT2D eigenvalue weighted by Crippen LogP contribution is 2.55. The highest BCUT2D eigenvalue weighted by molar-refractivity contribution is 7.16. The number of likely N-dealkylation sites (tertiary alicyclic amines) is 1. The number of aryl methyl sites for hydroxylation is 1. The summed E-state index contributed by atoms with van der Waals surface area (Å²) in [6.45, 7) is 5.86. The largest absolute Gasteiger partial charge is 0.474 e. The monoisotopic (exact) mass is 641 g/mol. The summed E-state index contributed by atoms with van der Waals surface area (Å²) in [6, 6.07) is 3.00. The van der Waals surface area contributed by atoms with Crippen LogP contribution in [0.25, 0.3) is 22.6 Å². The zero-order chi connectivity index (χ0) is 31.2. The summed E-state index contributed by atoms with van der Waals surface area (Å²) in [4.78, 5) is 16.5. The average Bonchev–Trinajstić information content (AvgIpc) is 3.79. The molecule has 5 aliphatic rings. The molecule has 0 saturated carbocycles. The molecule has 4 aromatic heterocycles. The van der Waals surface area contributed by atoms with E-state index in [1.807, 2.05) is 0 Å². The van der Waals surface area contributed by atoms with E-state index in [9.17, 15) is 5.26 Å². The lowest BCUT2D eigenvalue weighted by atomic mass is 9.63. The molecule has 0 aromatic carbocycles. The molecule has 13 heteroatoms. The number of thiophene rings is 1. The van der Waals surface area contributed by atoms with Gasteiger partial charge in [-0.1, -0.05) is 5.16 Å². The first-order valence-electron chi connectivity index (χ1n) is 16.8. The summed E-state index contributed by atoms with van der Waals surface area (Å²) >= 11 is 1.56. The Kier molecular flexibility index (Phi) is 6.60. The van der Waals surface area contributed by atoms with Crippen LogP contribution >= 0.6 is 11.3 Å². The molecule has 2 fully saturated rings. The minimum Gasteiger partial charge on any atom is -0.474 e. The van der Waals surface area contributed by atoms with E-state index < -0.39 is 5.41 Å². The van der Waals surface area contributed by atoms with Crippen LogP contribution in [0.3, 0.4) is 0 Å². The molecule has 2 saturated heterocycles. The predicted molar refractivity (Wildman–Crippen MR) is 173 cm³/mol. The van der Waals surface area contributed by atoms with Gasteiger partial charge in [0, 0.05) is 29.6 Å². The molecule has 0 unspecified atom stereocenters. The molecule has 2 N–H and O–H groups in total. The minimum absolute atomic E-state index is 0.0919. The molecule has 7 heterocycles. The van der Waals surface area contributed by atoms with Gasteiger partial charge in [-0.25, -0.2) is 14.6 Å². The maximum Gasteiger partial charge on any atom is 0.246 e. The second-order valence-electron chi connectivity index (χ2n) is 13.7. The number of nitrogen functional groups attached to an aromatic ring is 1. The Labute approximate surface area is 271 Å². The van der Waals surface area contributed by atoms with E-state index in [0.717, 1.165) is 91.6 Å². The Bertz CT molecular complexity index is 1890. The molecule has 0 amide bonds. The van der Waals surface area contributed by atoms with Crippen molar-refractivity contribution in [2.45, 2.75) is 88.3 Å². The summed E-state index contributed by atoms with van der Waals surface area (Å²) in [5, 5.41) is 21.5. The number of likely N-dealkylation sites (N-methyl/N-ethyl adjacent to an activating group) is 1. The van der Waals surface area contributed by atoms with E-state index in [1.165, 1.54) is 11.3 Å². The molecule has 0 bridgehead atoms. The second kappa shape index (κ2) is 10.7. The lowest BCUT2D eigenvalue weighted by molar-refractivity contribution is 0.147. The summed E-state index contributed by atoms with van der Waals surface area (Å²) < 4.78 is 20.8. The number of nitrogens with two attached hydrogens (primary N) is 1. The number of hydrogen-bond donors (Lipinski definition) is 1. The van der Waals surface area contributed by atoms with Crippen LogP contribution in [0.5, 0.6) is 5.88 Å². The lowest BCUT2D eigenvalue weighted by Gasteiger charge is -2.39. The number of rotatable bonds is 3. The van der Waals surface area contributed by atoms with Crippen LogP contribution in [0.15, 0.2) is 4.52 Å². The SMILES string of the molecule is C[C@@H]([C@@H]1CCCN1C)n1nc2c3c(nc(-c4noc5c4CCC[C@@]54CCCc5sc(N)c(C#N)c54)nc31)N1CCOCC[C@@H]1CO2. The molecule has 4 aromatic rings. The van der Waals surface area contributed by atoms with Gasteiger partial charge in [0.2, 0.25) is 5.88 Å². The zero-order valence-electron chi connectivity index (χ0n) is 26.4. The zero-order valence-corrected chi connectivity index (χ0v) is 27.2. The molecule has 2 aliphatic carbocycles. The number of nitrogens with zero attached hydrogens (tertiary/aromatic N) is 8. The quantitative estimate of drug-likeness (QED) is 0.335. The normalized spacial score (nSPS) is 26.6. The maximum atomic E-state index is 10.2. The summed E-state index contributed by atoms with van der Waals surface area (Å²) in [5.41, 5.74) is 10.2. The lowest BCUT2D eigenvalue weighted by Crippen LogP contribution is -2.40. The second-order valence-corrected chi connectivity index (χ2v) is 14.8.